The Balaban J connectivity index is 2.10. The Morgan fingerprint density at radius 2 is 1.88 bits per heavy atom. The highest BCUT2D eigenvalue weighted by Gasteiger charge is 2.14. The molecule has 4 N–H and O–H groups in total. The van der Waals surface area contributed by atoms with Crippen molar-refractivity contribution in [2.24, 2.45) is 0 Å². The van der Waals surface area contributed by atoms with Crippen molar-refractivity contribution >= 4 is 11.7 Å². The number of benzene rings is 2. The van der Waals surface area contributed by atoms with E-state index in [-0.39, 0.29) is 5.56 Å². The van der Waals surface area contributed by atoms with Gasteiger partial charge < -0.3 is 15.9 Å². The minimum Gasteiger partial charge on any atom is -0.505 e. The van der Waals surface area contributed by atoms with Gasteiger partial charge in [0.1, 0.15) is 11.3 Å². The van der Waals surface area contributed by atoms with Crippen LogP contribution < -0.4 is 5.73 Å². The zero-order valence-corrected chi connectivity index (χ0v) is 13.9. The largest absolute Gasteiger partial charge is 0.505 e. The average molecular weight is 345 g/mol. The number of carboxylic acid groups (broad SMARTS) is 1. The van der Waals surface area contributed by atoms with Gasteiger partial charge in [-0.15, -0.1) is 0 Å². The maximum atomic E-state index is 11.2. The summed E-state index contributed by atoms with van der Waals surface area (Å²) in [5.41, 5.74) is 10.2. The van der Waals surface area contributed by atoms with E-state index in [1.165, 1.54) is 6.07 Å². The van der Waals surface area contributed by atoms with Gasteiger partial charge in [0.15, 0.2) is 0 Å². The van der Waals surface area contributed by atoms with Crippen LogP contribution in [0.5, 0.6) is 5.75 Å². The lowest BCUT2D eigenvalue weighted by atomic mass is 9.95. The van der Waals surface area contributed by atoms with Crippen LogP contribution in [0, 0.1) is 18.3 Å². The van der Waals surface area contributed by atoms with E-state index in [0.29, 0.717) is 22.5 Å². The maximum Gasteiger partial charge on any atom is 0.339 e. The van der Waals surface area contributed by atoms with Crippen molar-refractivity contribution in [1.29, 1.82) is 5.26 Å². The summed E-state index contributed by atoms with van der Waals surface area (Å²) >= 11 is 0. The molecule has 0 spiro atoms. The van der Waals surface area contributed by atoms with Crippen molar-refractivity contribution in [3.8, 4) is 34.2 Å². The fourth-order valence-corrected chi connectivity index (χ4v) is 2.67. The number of aromatic carboxylic acids is 1. The predicted octanol–water partition coefficient (Wildman–Crippen LogP) is 3.58. The first-order chi connectivity index (χ1) is 12.4. The number of rotatable bonds is 3. The van der Waals surface area contributed by atoms with E-state index < -0.39 is 11.7 Å². The van der Waals surface area contributed by atoms with Gasteiger partial charge in [-0.25, -0.2) is 4.79 Å². The number of nitrogens with zero attached hydrogens (tertiary/aromatic N) is 2. The van der Waals surface area contributed by atoms with Crippen molar-refractivity contribution < 1.29 is 15.0 Å². The molecular weight excluding hydrogens is 330 g/mol. The number of pyridine rings is 1. The molecule has 6 nitrogen and oxygen atoms in total. The van der Waals surface area contributed by atoms with Gasteiger partial charge in [-0.1, -0.05) is 18.2 Å². The molecule has 6 heteroatoms. The molecule has 0 atom stereocenters. The lowest BCUT2D eigenvalue weighted by Gasteiger charge is -2.10. The summed E-state index contributed by atoms with van der Waals surface area (Å²) < 4.78 is 0. The van der Waals surface area contributed by atoms with Gasteiger partial charge in [0, 0.05) is 11.3 Å². The second-order valence-electron chi connectivity index (χ2n) is 5.84. The Hall–Kier alpha value is -3.85. The van der Waals surface area contributed by atoms with Crippen molar-refractivity contribution in [2.75, 3.05) is 5.73 Å². The van der Waals surface area contributed by atoms with Crippen LogP contribution in [-0.2, 0) is 0 Å². The SMILES string of the molecule is Cc1cc(-c2ccc(-c3cc(C(=O)O)c(O)cn3)cc2C#N)ccc1N. The van der Waals surface area contributed by atoms with E-state index in [4.69, 9.17) is 10.8 Å². The second kappa shape index (κ2) is 6.57. The molecule has 128 valence electrons. The fraction of sp³-hybridized carbons (Fsp3) is 0.0500. The molecule has 0 saturated carbocycles. The van der Waals surface area contributed by atoms with Gasteiger partial charge in [0.05, 0.1) is 23.5 Å². The summed E-state index contributed by atoms with van der Waals surface area (Å²) in [5, 5.41) is 28.2. The third-order valence-corrected chi connectivity index (χ3v) is 4.13. The first-order valence-corrected chi connectivity index (χ1v) is 7.74. The van der Waals surface area contributed by atoms with Gasteiger partial charge >= 0.3 is 5.97 Å². The Morgan fingerprint density at radius 1 is 1.15 bits per heavy atom. The predicted molar refractivity (Wildman–Crippen MR) is 97.6 cm³/mol. The Labute approximate surface area is 149 Å². The smallest absolute Gasteiger partial charge is 0.339 e. The molecule has 0 fully saturated rings. The number of hydrogen-bond acceptors (Lipinski definition) is 5. The summed E-state index contributed by atoms with van der Waals surface area (Å²) in [7, 11) is 0. The van der Waals surface area contributed by atoms with E-state index >= 15 is 0 Å². The van der Waals surface area contributed by atoms with Crippen molar-refractivity contribution in [1.82, 2.24) is 4.98 Å². The first kappa shape index (κ1) is 17.0. The Kier molecular flexibility index (Phi) is 4.29. The standard InChI is InChI=1S/C20H15N3O3/c1-11-6-12(3-5-17(11)22)15-4-2-13(7-14(15)9-21)18-8-16(20(25)26)19(24)10-23-18/h2-8,10,24H,22H2,1H3,(H,25,26). The van der Waals surface area contributed by atoms with E-state index in [1.807, 2.05) is 19.1 Å². The zero-order chi connectivity index (χ0) is 18.8. The number of anilines is 1. The van der Waals surface area contributed by atoms with E-state index in [9.17, 15) is 15.2 Å². The topological polar surface area (TPSA) is 120 Å². The summed E-state index contributed by atoms with van der Waals surface area (Å²) in [6, 6.07) is 14.2. The molecule has 0 aliphatic rings. The molecule has 1 aromatic heterocycles. The van der Waals surface area contributed by atoms with Crippen LogP contribution in [0.2, 0.25) is 0 Å². The zero-order valence-electron chi connectivity index (χ0n) is 13.9. The number of nitrogens with two attached hydrogens (primary N) is 1. The molecule has 26 heavy (non-hydrogen) atoms. The molecule has 1 heterocycles. The minimum absolute atomic E-state index is 0.244. The van der Waals surface area contributed by atoms with Gasteiger partial charge in [-0.3, -0.25) is 4.98 Å². The third kappa shape index (κ3) is 3.06. The molecule has 3 rings (SSSR count). The number of aromatic hydroxyl groups is 1. The van der Waals surface area contributed by atoms with Crippen LogP contribution in [0.25, 0.3) is 22.4 Å². The monoisotopic (exact) mass is 345 g/mol. The lowest BCUT2D eigenvalue weighted by molar-refractivity contribution is 0.0693. The third-order valence-electron chi connectivity index (χ3n) is 4.13. The first-order valence-electron chi connectivity index (χ1n) is 7.74. The maximum absolute atomic E-state index is 11.2. The molecule has 3 aromatic rings. The normalized spacial score (nSPS) is 10.3. The van der Waals surface area contributed by atoms with Crippen LogP contribution in [0.1, 0.15) is 21.5 Å². The molecular formula is C20H15N3O3. The van der Waals surface area contributed by atoms with Crippen LogP contribution >= 0.6 is 0 Å². The number of aryl methyl sites for hydroxylation is 1. The van der Waals surface area contributed by atoms with E-state index in [2.05, 4.69) is 11.1 Å². The number of aromatic nitrogens is 1. The van der Waals surface area contributed by atoms with Gasteiger partial charge in [-0.05, 0) is 47.9 Å². The minimum atomic E-state index is -1.25. The quantitative estimate of drug-likeness (QED) is 0.624. The summed E-state index contributed by atoms with van der Waals surface area (Å²) in [5.74, 6) is -1.66. The molecule has 2 aromatic carbocycles. The highest BCUT2D eigenvalue weighted by molar-refractivity contribution is 5.92. The average Bonchev–Trinajstić information content (AvgIpc) is 2.63. The number of nitriles is 1. The molecule has 0 aliphatic carbocycles. The van der Waals surface area contributed by atoms with Crippen LogP contribution in [-0.4, -0.2) is 21.2 Å². The van der Waals surface area contributed by atoms with E-state index in [0.717, 1.165) is 22.9 Å². The Morgan fingerprint density at radius 3 is 2.54 bits per heavy atom. The summed E-state index contributed by atoms with van der Waals surface area (Å²) in [4.78, 5) is 15.2. The highest BCUT2D eigenvalue weighted by atomic mass is 16.4. The summed E-state index contributed by atoms with van der Waals surface area (Å²) in [6.07, 6.45) is 1.09. The van der Waals surface area contributed by atoms with Crippen LogP contribution in [0.15, 0.2) is 48.7 Å². The fourth-order valence-electron chi connectivity index (χ4n) is 2.67. The number of carbonyl (C=O) groups is 1. The molecule has 0 saturated heterocycles. The summed E-state index contributed by atoms with van der Waals surface area (Å²) in [6.45, 7) is 1.90. The van der Waals surface area contributed by atoms with Gasteiger partial charge in [0.2, 0.25) is 0 Å². The van der Waals surface area contributed by atoms with E-state index in [1.54, 1.807) is 24.3 Å². The van der Waals surface area contributed by atoms with Crippen molar-refractivity contribution in [3.63, 3.8) is 0 Å². The van der Waals surface area contributed by atoms with Crippen LogP contribution in [0.4, 0.5) is 5.69 Å². The molecule has 0 aliphatic heterocycles. The van der Waals surface area contributed by atoms with Crippen molar-refractivity contribution in [3.05, 3.63) is 65.4 Å². The van der Waals surface area contributed by atoms with Gasteiger partial charge in [0.25, 0.3) is 0 Å². The van der Waals surface area contributed by atoms with Crippen LogP contribution in [0.3, 0.4) is 0 Å². The second-order valence-corrected chi connectivity index (χ2v) is 5.84. The highest BCUT2D eigenvalue weighted by Crippen LogP contribution is 2.31. The number of carboxylic acids is 1. The number of hydrogen-bond donors (Lipinski definition) is 3. The molecule has 0 radical (unpaired) electrons. The number of nitrogen functional groups attached to an aromatic ring is 1. The molecule has 0 amide bonds. The Bertz CT molecular complexity index is 1070. The van der Waals surface area contributed by atoms with Gasteiger partial charge in [-0.2, -0.15) is 5.26 Å². The molecule has 0 bridgehead atoms. The lowest BCUT2D eigenvalue weighted by Crippen LogP contribution is -1.99. The molecule has 0 unspecified atom stereocenters. The van der Waals surface area contributed by atoms with Crippen molar-refractivity contribution in [2.45, 2.75) is 6.92 Å².